The first-order valence-electron chi connectivity index (χ1n) is 27.2. The minimum absolute atomic E-state index is 0.276. The second-order valence-electron chi connectivity index (χ2n) is 29.3. The molecule has 432 valence electrons. The van der Waals surface area contributed by atoms with E-state index in [1.807, 2.05) is 71.9 Å². The van der Waals surface area contributed by atoms with Crippen LogP contribution >= 0.6 is 48.7 Å². The van der Waals surface area contributed by atoms with Crippen molar-refractivity contribution < 1.29 is 50.3 Å². The van der Waals surface area contributed by atoms with Crippen molar-refractivity contribution in [2.24, 2.45) is 10.8 Å². The van der Waals surface area contributed by atoms with Crippen LogP contribution in [-0.4, -0.2) is 34.1 Å². The molecule has 80 heavy (non-hydrogen) atoms. The van der Waals surface area contributed by atoms with Crippen molar-refractivity contribution >= 4 is 115 Å². The van der Waals surface area contributed by atoms with E-state index in [1.165, 1.54) is 0 Å². The lowest BCUT2D eigenvalue weighted by atomic mass is 9.83. The Morgan fingerprint density at radius 2 is 0.887 bits per heavy atom. The van der Waals surface area contributed by atoms with E-state index in [0.29, 0.717) is 59.6 Å². The van der Waals surface area contributed by atoms with E-state index < -0.39 is 72.6 Å². The summed E-state index contributed by atoms with van der Waals surface area (Å²) in [6.07, 6.45) is 0. The first kappa shape index (κ1) is 63.2. The topological polar surface area (TPSA) is 133 Å². The quantitative estimate of drug-likeness (QED) is 0.0593. The van der Waals surface area contributed by atoms with Gasteiger partial charge in [-0.2, -0.15) is 0 Å². The monoisotopic (exact) mass is 1290 g/mol. The summed E-state index contributed by atoms with van der Waals surface area (Å²) >= 11 is 7.15. The molecule has 0 amide bonds. The summed E-state index contributed by atoms with van der Waals surface area (Å²) in [7, 11) is -9.54. The standard InChI is InChI=1S/C63H82Br2O11P2Si2/c1-58(2,3)35-25-40(41-26-36(59(4,5)6)28-49(80(22,23)24)54(41)75-78-73-52-44(55(66)76-78)29-37(64)30-47(52)65)53(48(27-35)79(19,20)21)74-77-71-50-42(31-38(33-45(50)60(7,8)9)69-56(67)62(13,14)15)43-32-39(70-57(68)63(16,17)18)34-46(51(43)72-77)61(10,11)12/h25-34H,1-24H3. The van der Waals surface area contributed by atoms with Gasteiger partial charge in [0.15, 0.2) is 5.75 Å². The zero-order valence-electron chi connectivity index (χ0n) is 51.4. The summed E-state index contributed by atoms with van der Waals surface area (Å²) < 4.78 is 55.9. The van der Waals surface area contributed by atoms with Crippen LogP contribution in [0.5, 0.6) is 28.7 Å². The fourth-order valence-electron chi connectivity index (χ4n) is 8.79. The van der Waals surface area contributed by atoms with Crippen molar-refractivity contribution in [1.29, 1.82) is 0 Å². The van der Waals surface area contributed by atoms with Gasteiger partial charge in [-0.25, -0.2) is 4.79 Å². The van der Waals surface area contributed by atoms with Gasteiger partial charge in [-0.1, -0.05) is 150 Å². The number of halogens is 2. The molecule has 0 radical (unpaired) electrons. The lowest BCUT2D eigenvalue weighted by Gasteiger charge is -2.32. The Bertz CT molecular complexity index is 3400. The zero-order chi connectivity index (χ0) is 60.2. The van der Waals surface area contributed by atoms with E-state index in [-0.39, 0.29) is 16.4 Å². The van der Waals surface area contributed by atoms with Gasteiger partial charge in [-0.3, -0.25) is 9.59 Å². The number of ether oxygens (including phenoxy) is 2. The molecule has 5 aromatic carbocycles. The molecule has 0 spiro atoms. The van der Waals surface area contributed by atoms with Crippen LogP contribution in [0.25, 0.3) is 33.1 Å². The van der Waals surface area contributed by atoms with E-state index in [1.54, 1.807) is 6.07 Å². The Morgan fingerprint density at radius 1 is 0.487 bits per heavy atom. The molecule has 1 atom stereocenters. The molecular weight excluding hydrogens is 1210 g/mol. The maximum atomic E-state index is 13.9. The second kappa shape index (κ2) is 21.7. The average Bonchev–Trinajstić information content (AvgIpc) is 3.42. The fraction of sp³-hybridized carbons (Fsp3) is 0.476. The van der Waals surface area contributed by atoms with Crippen molar-refractivity contribution in [2.75, 3.05) is 0 Å². The number of carbonyl (C=O) groups excluding carboxylic acids is 3. The Balaban J connectivity index is 1.67. The largest absolute Gasteiger partial charge is 0.532 e. The Labute approximate surface area is 495 Å². The van der Waals surface area contributed by atoms with Gasteiger partial charge in [-0.15, -0.1) is 0 Å². The minimum Gasteiger partial charge on any atom is -0.426 e. The molecule has 0 saturated heterocycles. The highest BCUT2D eigenvalue weighted by Gasteiger charge is 2.40. The van der Waals surface area contributed by atoms with Crippen LogP contribution in [-0.2, 0) is 35.8 Å². The van der Waals surface area contributed by atoms with Crippen molar-refractivity contribution in [2.45, 2.75) is 186 Å². The van der Waals surface area contributed by atoms with Gasteiger partial charge >= 0.3 is 34.8 Å². The molecule has 1 aliphatic heterocycles. The number of hydrogen-bond donors (Lipinski definition) is 0. The van der Waals surface area contributed by atoms with Crippen molar-refractivity contribution in [3.63, 3.8) is 0 Å². The Morgan fingerprint density at radius 3 is 1.25 bits per heavy atom. The van der Waals surface area contributed by atoms with Gasteiger partial charge in [-0.05, 0) is 149 Å². The highest BCUT2D eigenvalue weighted by atomic mass is 79.9. The third kappa shape index (κ3) is 13.8. The molecule has 0 bridgehead atoms. The smallest absolute Gasteiger partial charge is 0.426 e. The number of rotatable bonds is 9. The summed E-state index contributed by atoms with van der Waals surface area (Å²) in [6.45, 7) is 50.4. The van der Waals surface area contributed by atoms with E-state index in [0.717, 1.165) is 43.8 Å². The number of benzene rings is 5. The molecule has 0 saturated carbocycles. The predicted molar refractivity (Wildman–Crippen MR) is 341 cm³/mol. The molecule has 0 fully saturated rings. The SMILES string of the molecule is CC(C)(C)C(=O)Oc1cc(C(C)(C)C)c2op(Oc3c(-c4cc(C(C)(C)C)cc([Si](C)(C)C)c4OP4OC(=O)c5cc(Br)cc(Br)c5O4)cc(C(C)(C)C)cc3[Si](C)(C)C)oc3c(C(C)(C)C)cc(OC(=O)C(C)(C)C)cc3c2c1. The maximum Gasteiger partial charge on any atom is 0.532 e. The van der Waals surface area contributed by atoms with Crippen LogP contribution < -0.4 is 33.4 Å². The molecule has 11 nitrogen and oxygen atoms in total. The van der Waals surface area contributed by atoms with Crippen LogP contribution in [0.4, 0.5) is 0 Å². The molecule has 2 heterocycles. The molecule has 1 aliphatic rings. The highest BCUT2D eigenvalue weighted by molar-refractivity contribution is 9.11. The summed E-state index contributed by atoms with van der Waals surface area (Å²) in [5, 5.41) is 3.18. The fourth-order valence-corrected chi connectivity index (χ4v) is 15.5. The van der Waals surface area contributed by atoms with E-state index in [4.69, 9.17) is 36.0 Å². The van der Waals surface area contributed by atoms with Crippen LogP contribution in [0.1, 0.15) is 157 Å². The van der Waals surface area contributed by atoms with Crippen LogP contribution in [0.2, 0.25) is 39.3 Å². The summed E-state index contributed by atoms with van der Waals surface area (Å²) in [5.74, 6) is 0.733. The predicted octanol–water partition coefficient (Wildman–Crippen LogP) is 19.4. The lowest BCUT2D eigenvalue weighted by molar-refractivity contribution is -0.143. The Kier molecular flexibility index (Phi) is 17.1. The normalized spacial score (nSPS) is 14.8. The summed E-state index contributed by atoms with van der Waals surface area (Å²) in [5.41, 5.74) is 2.91. The van der Waals surface area contributed by atoms with Gasteiger partial charge in [0.05, 0.1) is 31.5 Å². The van der Waals surface area contributed by atoms with Gasteiger partial charge in [0.2, 0.25) is 0 Å². The minimum atomic E-state index is -2.43. The number of carbonyl (C=O) groups is 3. The number of fused-ring (bicyclic) bond motifs is 4. The van der Waals surface area contributed by atoms with E-state index in [2.05, 4.69) is 178 Å². The number of hydrogen-bond acceptors (Lipinski definition) is 11. The van der Waals surface area contributed by atoms with Gasteiger partial charge < -0.3 is 36.0 Å². The Hall–Kier alpha value is -4.37. The third-order valence-electron chi connectivity index (χ3n) is 13.7. The van der Waals surface area contributed by atoms with E-state index in [9.17, 15) is 14.4 Å². The molecular formula is C63H82Br2O11P2Si2. The van der Waals surface area contributed by atoms with E-state index >= 15 is 0 Å². The molecule has 0 N–H and O–H groups in total. The van der Waals surface area contributed by atoms with Gasteiger partial charge in [0.25, 0.3) is 0 Å². The summed E-state index contributed by atoms with van der Waals surface area (Å²) in [4.78, 5) is 41.3. The molecule has 7 rings (SSSR count). The molecule has 6 aromatic rings. The average molecular weight is 1290 g/mol. The third-order valence-corrected chi connectivity index (χ3v) is 20.7. The van der Waals surface area contributed by atoms with Crippen molar-refractivity contribution in [3.05, 3.63) is 97.4 Å². The van der Waals surface area contributed by atoms with Crippen LogP contribution in [0, 0.1) is 10.8 Å². The van der Waals surface area contributed by atoms with Gasteiger partial charge in [0.1, 0.15) is 39.7 Å². The lowest BCUT2D eigenvalue weighted by Crippen LogP contribution is -2.40. The van der Waals surface area contributed by atoms with Crippen molar-refractivity contribution in [3.8, 4) is 39.9 Å². The molecule has 1 unspecified atom stereocenters. The molecule has 0 aliphatic carbocycles. The first-order chi connectivity index (χ1) is 36.2. The second-order valence-corrected chi connectivity index (χ2v) is 43.2. The molecule has 1 aromatic heterocycles. The maximum absolute atomic E-state index is 13.9. The zero-order valence-corrected chi connectivity index (χ0v) is 58.4. The van der Waals surface area contributed by atoms with Crippen molar-refractivity contribution in [1.82, 2.24) is 0 Å². The highest BCUT2D eigenvalue weighted by Crippen LogP contribution is 2.54. The molecule has 17 heteroatoms. The van der Waals surface area contributed by atoms with Crippen LogP contribution in [0.3, 0.4) is 0 Å². The van der Waals surface area contributed by atoms with Crippen LogP contribution in [0.15, 0.2) is 78.0 Å². The van der Waals surface area contributed by atoms with Gasteiger partial charge in [0, 0.05) is 37.5 Å². The summed E-state index contributed by atoms with van der Waals surface area (Å²) in [6, 6.07) is 19.8. The first-order valence-corrected chi connectivity index (χ1v) is 37.9. The number of esters is 2.